The molecule has 1 aromatic carbocycles. The van der Waals surface area contributed by atoms with Gasteiger partial charge in [-0.1, -0.05) is 19.9 Å². The molecule has 0 aliphatic rings. The molecule has 0 spiro atoms. The topological polar surface area (TPSA) is 133 Å². The zero-order valence-corrected chi connectivity index (χ0v) is 12.6. The van der Waals surface area contributed by atoms with Crippen LogP contribution < -0.4 is 11.1 Å². The third-order valence-corrected chi connectivity index (χ3v) is 3.16. The lowest BCUT2D eigenvalue weighted by molar-refractivity contribution is -0.142. The van der Waals surface area contributed by atoms with Gasteiger partial charge in [0, 0.05) is 6.42 Å². The van der Waals surface area contributed by atoms with Crippen LogP contribution in [0, 0.1) is 5.92 Å². The van der Waals surface area contributed by atoms with Crippen molar-refractivity contribution >= 4 is 11.9 Å². The van der Waals surface area contributed by atoms with Gasteiger partial charge in [-0.05, 0) is 30.0 Å². The van der Waals surface area contributed by atoms with Crippen LogP contribution >= 0.6 is 0 Å². The quantitative estimate of drug-likeness (QED) is 0.468. The fourth-order valence-corrected chi connectivity index (χ4v) is 2.03. The Morgan fingerprint density at radius 3 is 2.36 bits per heavy atom. The van der Waals surface area contributed by atoms with Gasteiger partial charge in [-0.25, -0.2) is 4.79 Å². The predicted molar refractivity (Wildman–Crippen MR) is 80.5 cm³/mol. The summed E-state index contributed by atoms with van der Waals surface area (Å²) in [4.78, 5) is 23.2. The Hall–Kier alpha value is -2.28. The maximum atomic E-state index is 11.9. The fourth-order valence-electron chi connectivity index (χ4n) is 2.03. The van der Waals surface area contributed by atoms with Crippen LogP contribution in [0.15, 0.2) is 18.2 Å². The number of nitrogens with one attached hydrogen (secondary N) is 1. The Morgan fingerprint density at radius 1 is 1.23 bits per heavy atom. The highest BCUT2D eigenvalue weighted by Crippen LogP contribution is 2.25. The Morgan fingerprint density at radius 2 is 1.86 bits per heavy atom. The Balaban J connectivity index is 2.75. The molecule has 1 rings (SSSR count). The molecule has 0 heterocycles. The summed E-state index contributed by atoms with van der Waals surface area (Å²) in [7, 11) is 0. The molecule has 0 radical (unpaired) electrons. The summed E-state index contributed by atoms with van der Waals surface area (Å²) in [6.45, 7) is 3.84. The minimum atomic E-state index is -1.20. The summed E-state index contributed by atoms with van der Waals surface area (Å²) >= 11 is 0. The average Bonchev–Trinajstić information content (AvgIpc) is 2.41. The van der Waals surface area contributed by atoms with Crippen molar-refractivity contribution in [2.24, 2.45) is 11.7 Å². The minimum Gasteiger partial charge on any atom is -0.504 e. The first kappa shape index (κ1) is 17.8. The molecular weight excluding hydrogens is 288 g/mol. The van der Waals surface area contributed by atoms with E-state index in [1.807, 2.05) is 13.8 Å². The Bertz CT molecular complexity index is 545. The number of hydrogen-bond donors (Lipinski definition) is 5. The molecule has 0 aliphatic carbocycles. The lowest BCUT2D eigenvalue weighted by Gasteiger charge is -2.19. The van der Waals surface area contributed by atoms with E-state index in [9.17, 15) is 24.9 Å². The van der Waals surface area contributed by atoms with Crippen LogP contribution in [-0.4, -0.2) is 39.3 Å². The average molecular weight is 310 g/mol. The zero-order chi connectivity index (χ0) is 16.9. The number of benzene rings is 1. The van der Waals surface area contributed by atoms with E-state index in [0.29, 0.717) is 12.0 Å². The number of hydrogen-bond acceptors (Lipinski definition) is 5. The first-order valence-electron chi connectivity index (χ1n) is 7.00. The van der Waals surface area contributed by atoms with Gasteiger partial charge in [-0.2, -0.15) is 0 Å². The molecule has 0 aliphatic heterocycles. The summed E-state index contributed by atoms with van der Waals surface area (Å²) in [5, 5.41) is 30.3. The maximum absolute atomic E-state index is 11.9. The number of carboxylic acids is 1. The van der Waals surface area contributed by atoms with E-state index < -0.39 is 24.0 Å². The van der Waals surface area contributed by atoms with E-state index >= 15 is 0 Å². The van der Waals surface area contributed by atoms with Crippen molar-refractivity contribution in [1.82, 2.24) is 5.32 Å². The normalized spacial score (nSPS) is 13.6. The zero-order valence-electron chi connectivity index (χ0n) is 12.6. The second-order valence-corrected chi connectivity index (χ2v) is 5.66. The molecule has 22 heavy (non-hydrogen) atoms. The van der Waals surface area contributed by atoms with Gasteiger partial charge in [-0.3, -0.25) is 4.79 Å². The number of carboxylic acid groups (broad SMARTS) is 1. The van der Waals surface area contributed by atoms with E-state index in [4.69, 9.17) is 5.73 Å². The third kappa shape index (κ3) is 5.25. The van der Waals surface area contributed by atoms with Crippen LogP contribution in [0.2, 0.25) is 0 Å². The lowest BCUT2D eigenvalue weighted by atomic mass is 10.0. The van der Waals surface area contributed by atoms with E-state index in [1.54, 1.807) is 0 Å². The van der Waals surface area contributed by atoms with Gasteiger partial charge in [0.1, 0.15) is 6.04 Å². The highest BCUT2D eigenvalue weighted by molar-refractivity contribution is 5.86. The molecule has 7 nitrogen and oxygen atoms in total. The van der Waals surface area contributed by atoms with Crippen molar-refractivity contribution in [3.05, 3.63) is 23.8 Å². The SMILES string of the molecule is CC(C)C[C@H](N)C(=O)N[C@@H](Cc1ccc(O)c(O)c1)C(=O)O. The molecule has 2 atom stereocenters. The molecule has 1 aromatic rings. The second-order valence-electron chi connectivity index (χ2n) is 5.66. The van der Waals surface area contributed by atoms with Crippen molar-refractivity contribution in [3.63, 3.8) is 0 Å². The van der Waals surface area contributed by atoms with Gasteiger partial charge in [0.15, 0.2) is 11.5 Å². The molecule has 1 amide bonds. The predicted octanol–water partition coefficient (Wildman–Crippen LogP) is 0.583. The minimum absolute atomic E-state index is 0.0245. The molecule has 0 unspecified atom stereocenters. The molecule has 0 aromatic heterocycles. The number of phenolic OH excluding ortho intramolecular Hbond substituents is 2. The summed E-state index contributed by atoms with van der Waals surface area (Å²) in [6.07, 6.45) is 0.432. The molecule has 0 saturated carbocycles. The van der Waals surface area contributed by atoms with Crippen molar-refractivity contribution in [1.29, 1.82) is 0 Å². The Kier molecular flexibility index (Phi) is 6.18. The summed E-state index contributed by atoms with van der Waals surface area (Å²) in [5.41, 5.74) is 6.20. The maximum Gasteiger partial charge on any atom is 0.326 e. The molecule has 7 heteroatoms. The van der Waals surface area contributed by atoms with E-state index in [0.717, 1.165) is 0 Å². The van der Waals surface area contributed by atoms with E-state index in [-0.39, 0.29) is 23.8 Å². The number of rotatable bonds is 7. The number of carbonyl (C=O) groups is 2. The molecule has 122 valence electrons. The number of aromatic hydroxyl groups is 2. The highest BCUT2D eigenvalue weighted by Gasteiger charge is 2.24. The van der Waals surface area contributed by atoms with Gasteiger partial charge < -0.3 is 26.4 Å². The Labute approximate surface area is 128 Å². The summed E-state index contributed by atoms with van der Waals surface area (Å²) < 4.78 is 0. The standard InChI is InChI=1S/C15H22N2O5/c1-8(2)5-10(16)14(20)17-11(15(21)22)6-9-3-4-12(18)13(19)7-9/h3-4,7-8,10-11,18-19H,5-6,16H2,1-2H3,(H,17,20)(H,21,22)/t10-,11-/m0/s1. The number of carbonyl (C=O) groups excluding carboxylic acids is 1. The van der Waals surface area contributed by atoms with Gasteiger partial charge in [0.2, 0.25) is 5.91 Å². The highest BCUT2D eigenvalue weighted by atomic mass is 16.4. The van der Waals surface area contributed by atoms with Gasteiger partial charge in [0.25, 0.3) is 0 Å². The smallest absolute Gasteiger partial charge is 0.326 e. The molecule has 0 fully saturated rings. The second kappa shape index (κ2) is 7.65. The van der Waals surface area contributed by atoms with Gasteiger partial charge in [-0.15, -0.1) is 0 Å². The van der Waals surface area contributed by atoms with Crippen LogP contribution in [0.1, 0.15) is 25.8 Å². The van der Waals surface area contributed by atoms with Crippen LogP contribution in [0.5, 0.6) is 11.5 Å². The molecule has 0 saturated heterocycles. The molecular formula is C15H22N2O5. The van der Waals surface area contributed by atoms with Crippen LogP contribution in [0.4, 0.5) is 0 Å². The number of amides is 1. The number of phenols is 2. The number of nitrogens with two attached hydrogens (primary N) is 1. The van der Waals surface area contributed by atoms with Crippen molar-refractivity contribution in [2.75, 3.05) is 0 Å². The number of aliphatic carboxylic acids is 1. The van der Waals surface area contributed by atoms with Crippen molar-refractivity contribution < 1.29 is 24.9 Å². The van der Waals surface area contributed by atoms with Crippen molar-refractivity contribution in [2.45, 2.75) is 38.8 Å². The largest absolute Gasteiger partial charge is 0.504 e. The molecule has 0 bridgehead atoms. The van der Waals surface area contributed by atoms with E-state index in [1.165, 1.54) is 18.2 Å². The summed E-state index contributed by atoms with van der Waals surface area (Å²) in [5.74, 6) is -2.14. The first-order chi connectivity index (χ1) is 10.2. The van der Waals surface area contributed by atoms with Gasteiger partial charge >= 0.3 is 5.97 Å². The third-order valence-electron chi connectivity index (χ3n) is 3.16. The van der Waals surface area contributed by atoms with Crippen LogP contribution in [0.25, 0.3) is 0 Å². The lowest BCUT2D eigenvalue weighted by Crippen LogP contribution is -2.49. The first-order valence-corrected chi connectivity index (χ1v) is 7.00. The van der Waals surface area contributed by atoms with Crippen LogP contribution in [-0.2, 0) is 16.0 Å². The van der Waals surface area contributed by atoms with Gasteiger partial charge in [0.05, 0.1) is 6.04 Å². The fraction of sp³-hybridized carbons (Fsp3) is 0.467. The molecule has 6 N–H and O–H groups in total. The monoisotopic (exact) mass is 310 g/mol. The van der Waals surface area contributed by atoms with E-state index in [2.05, 4.69) is 5.32 Å². The summed E-state index contributed by atoms with van der Waals surface area (Å²) in [6, 6.07) is 2.07. The van der Waals surface area contributed by atoms with Crippen LogP contribution in [0.3, 0.4) is 0 Å². The van der Waals surface area contributed by atoms with Crippen molar-refractivity contribution in [3.8, 4) is 11.5 Å².